The molecule has 0 unspecified atom stereocenters. The van der Waals surface area contributed by atoms with E-state index in [1.165, 1.54) is 17.7 Å². The zero-order valence-electron chi connectivity index (χ0n) is 21.6. The lowest BCUT2D eigenvalue weighted by atomic mass is 9.97. The zero-order chi connectivity index (χ0) is 27.1. The number of aromatic nitrogens is 2. The number of carbonyl (C=O) groups is 1. The normalized spacial score (nSPS) is 17.2. The molecule has 1 saturated heterocycles. The molecule has 1 fully saturated rings. The van der Waals surface area contributed by atoms with Gasteiger partial charge < -0.3 is 19.1 Å². The summed E-state index contributed by atoms with van der Waals surface area (Å²) >= 11 is 0. The first-order valence-corrected chi connectivity index (χ1v) is 13.1. The van der Waals surface area contributed by atoms with Crippen molar-refractivity contribution in [3.8, 4) is 5.75 Å². The molecule has 1 N–H and O–H groups in total. The third-order valence-corrected chi connectivity index (χ3v) is 7.61. The average Bonchev–Trinajstić information content (AvgIpc) is 3.21. The van der Waals surface area contributed by atoms with Gasteiger partial charge in [-0.25, -0.2) is 18.6 Å². The highest BCUT2D eigenvalue weighted by atomic mass is 19.1. The van der Waals surface area contributed by atoms with Crippen molar-refractivity contribution in [2.75, 3.05) is 13.2 Å². The van der Waals surface area contributed by atoms with E-state index >= 15 is 0 Å². The summed E-state index contributed by atoms with van der Waals surface area (Å²) in [7, 11) is 0. The largest absolute Gasteiger partial charge is 0.489 e. The first-order chi connectivity index (χ1) is 18.8. The Bertz CT molecular complexity index is 1560. The molecule has 0 spiro atoms. The van der Waals surface area contributed by atoms with Crippen LogP contribution in [0, 0.1) is 18.6 Å². The molecule has 0 aliphatic carbocycles. The van der Waals surface area contributed by atoms with Crippen LogP contribution in [0.25, 0.3) is 11.0 Å². The minimum atomic E-state index is -0.964. The minimum absolute atomic E-state index is 0.0149. The number of benzene rings is 3. The van der Waals surface area contributed by atoms with Gasteiger partial charge >= 0.3 is 5.97 Å². The number of halogens is 2. The number of aryl methyl sites for hydroxylation is 1. The van der Waals surface area contributed by atoms with E-state index in [9.17, 15) is 18.7 Å². The van der Waals surface area contributed by atoms with Crippen molar-refractivity contribution in [3.63, 3.8) is 0 Å². The van der Waals surface area contributed by atoms with E-state index in [0.29, 0.717) is 30.9 Å². The fraction of sp³-hybridized carbons (Fsp3) is 0.333. The molecule has 0 saturated carbocycles. The molecule has 0 bridgehead atoms. The van der Waals surface area contributed by atoms with Crippen molar-refractivity contribution in [1.82, 2.24) is 14.5 Å². The van der Waals surface area contributed by atoms with Crippen molar-refractivity contribution in [3.05, 3.63) is 93.8 Å². The van der Waals surface area contributed by atoms with E-state index in [2.05, 4.69) is 15.5 Å². The van der Waals surface area contributed by atoms with Gasteiger partial charge in [0.05, 0.1) is 35.8 Å². The first-order valence-electron chi connectivity index (χ1n) is 13.1. The number of hydrogen-bond acceptors (Lipinski definition) is 5. The molecule has 39 heavy (non-hydrogen) atoms. The Hall–Kier alpha value is -3.82. The van der Waals surface area contributed by atoms with Crippen LogP contribution in [0.5, 0.6) is 5.75 Å². The van der Waals surface area contributed by atoms with Gasteiger partial charge in [-0.15, -0.1) is 0 Å². The number of aromatic carboxylic acids is 1. The highest BCUT2D eigenvalue weighted by molar-refractivity contribution is 5.92. The zero-order valence-corrected chi connectivity index (χ0v) is 21.6. The second-order valence-corrected chi connectivity index (χ2v) is 10.3. The van der Waals surface area contributed by atoms with Gasteiger partial charge in [0.15, 0.2) is 0 Å². The molecular formula is C30H29F2N3O4. The van der Waals surface area contributed by atoms with E-state index in [0.717, 1.165) is 60.0 Å². The maximum atomic E-state index is 14.1. The number of rotatable bonds is 8. The van der Waals surface area contributed by atoms with E-state index < -0.39 is 17.6 Å². The third-order valence-electron chi connectivity index (χ3n) is 7.61. The number of ether oxygens (including phenoxy) is 2. The molecule has 3 heterocycles. The molecule has 202 valence electrons. The lowest BCUT2D eigenvalue weighted by molar-refractivity contribution is -0.0592. The minimum Gasteiger partial charge on any atom is -0.489 e. The molecular weight excluding hydrogens is 504 g/mol. The second-order valence-electron chi connectivity index (χ2n) is 10.3. The number of fused-ring (bicyclic) bond motifs is 2. The monoisotopic (exact) mass is 533 g/mol. The smallest absolute Gasteiger partial charge is 0.335 e. The number of carboxylic acids is 1. The Morgan fingerprint density at radius 2 is 2.00 bits per heavy atom. The summed E-state index contributed by atoms with van der Waals surface area (Å²) < 4.78 is 41.1. The van der Waals surface area contributed by atoms with Crippen molar-refractivity contribution in [2.24, 2.45) is 0 Å². The van der Waals surface area contributed by atoms with E-state index in [1.54, 1.807) is 18.2 Å². The van der Waals surface area contributed by atoms with Crippen LogP contribution in [0.1, 0.15) is 44.9 Å². The van der Waals surface area contributed by atoms with Crippen LogP contribution in [0.4, 0.5) is 8.78 Å². The highest BCUT2D eigenvalue weighted by Crippen LogP contribution is 2.30. The van der Waals surface area contributed by atoms with Gasteiger partial charge in [0.2, 0.25) is 0 Å². The molecule has 0 radical (unpaired) electrons. The Balaban J connectivity index is 1.22. The quantitative estimate of drug-likeness (QED) is 0.334. The first kappa shape index (κ1) is 25.5. The lowest BCUT2D eigenvalue weighted by Crippen LogP contribution is -2.34. The fourth-order valence-corrected chi connectivity index (χ4v) is 5.32. The van der Waals surface area contributed by atoms with Crippen LogP contribution >= 0.6 is 0 Å². The van der Waals surface area contributed by atoms with Crippen LogP contribution < -0.4 is 4.74 Å². The fourth-order valence-electron chi connectivity index (χ4n) is 5.32. The topological polar surface area (TPSA) is 76.8 Å². The lowest BCUT2D eigenvalue weighted by Gasteiger charge is -2.31. The van der Waals surface area contributed by atoms with Crippen LogP contribution in [-0.2, 0) is 37.4 Å². The molecule has 7 nitrogen and oxygen atoms in total. The maximum absolute atomic E-state index is 14.1. The van der Waals surface area contributed by atoms with Gasteiger partial charge in [-0.1, -0.05) is 6.07 Å². The third kappa shape index (κ3) is 5.24. The van der Waals surface area contributed by atoms with Gasteiger partial charge in [-0.2, -0.15) is 0 Å². The molecule has 1 atom stereocenters. The van der Waals surface area contributed by atoms with Gasteiger partial charge in [-0.3, -0.25) is 4.90 Å². The SMILES string of the molecule is Cc1cc2c(cc1OCc1ccc(F)cc1F)CN(Cc1nc3ccc(C(=O)O)cc3n1C[C@@H]1CCO1)CC2. The molecule has 9 heteroatoms. The van der Waals surface area contributed by atoms with E-state index in [4.69, 9.17) is 14.5 Å². The van der Waals surface area contributed by atoms with Crippen LogP contribution in [0.15, 0.2) is 48.5 Å². The summed E-state index contributed by atoms with van der Waals surface area (Å²) in [6.45, 7) is 5.52. The van der Waals surface area contributed by atoms with Crippen molar-refractivity contribution >= 4 is 17.0 Å². The summed E-state index contributed by atoms with van der Waals surface area (Å²) in [5, 5.41) is 9.50. The Labute approximate surface area is 224 Å². The Morgan fingerprint density at radius 3 is 2.74 bits per heavy atom. The van der Waals surface area contributed by atoms with E-state index in [-0.39, 0.29) is 18.3 Å². The molecule has 6 rings (SSSR count). The summed E-state index contributed by atoms with van der Waals surface area (Å²) in [5.41, 5.74) is 5.48. The number of carboxylic acid groups (broad SMARTS) is 1. The van der Waals surface area contributed by atoms with Gasteiger partial charge in [-0.05, 0) is 72.9 Å². The van der Waals surface area contributed by atoms with Crippen molar-refractivity contribution in [1.29, 1.82) is 0 Å². The summed E-state index contributed by atoms with van der Waals surface area (Å²) in [4.78, 5) is 18.8. The van der Waals surface area contributed by atoms with Gasteiger partial charge in [0, 0.05) is 31.3 Å². The number of hydrogen-bond donors (Lipinski definition) is 1. The molecule has 3 aromatic carbocycles. The van der Waals surface area contributed by atoms with Crippen LogP contribution in [0.3, 0.4) is 0 Å². The van der Waals surface area contributed by atoms with Gasteiger partial charge in [0.25, 0.3) is 0 Å². The van der Waals surface area contributed by atoms with Crippen LogP contribution in [0.2, 0.25) is 0 Å². The molecule has 2 aliphatic heterocycles. The summed E-state index contributed by atoms with van der Waals surface area (Å²) in [5.74, 6) is -0.647. The van der Waals surface area contributed by atoms with Crippen molar-refractivity contribution in [2.45, 2.75) is 52.1 Å². The maximum Gasteiger partial charge on any atom is 0.335 e. The average molecular weight is 534 g/mol. The molecule has 2 aliphatic rings. The molecule has 0 amide bonds. The van der Waals surface area contributed by atoms with Crippen LogP contribution in [-0.4, -0.2) is 44.8 Å². The Kier molecular flexibility index (Phi) is 6.78. The summed E-state index contributed by atoms with van der Waals surface area (Å²) in [6.07, 6.45) is 1.95. The second kappa shape index (κ2) is 10.4. The van der Waals surface area contributed by atoms with Gasteiger partial charge in [0.1, 0.15) is 29.8 Å². The molecule has 1 aromatic heterocycles. The predicted octanol–water partition coefficient (Wildman–Crippen LogP) is 5.25. The Morgan fingerprint density at radius 1 is 1.15 bits per heavy atom. The number of imidazole rings is 1. The highest BCUT2D eigenvalue weighted by Gasteiger charge is 2.25. The molecule has 4 aromatic rings. The van der Waals surface area contributed by atoms with E-state index in [1.807, 2.05) is 13.0 Å². The van der Waals surface area contributed by atoms with Crippen molar-refractivity contribution < 1.29 is 28.2 Å². The number of nitrogens with zero attached hydrogens (tertiary/aromatic N) is 3. The predicted molar refractivity (Wildman–Crippen MR) is 141 cm³/mol. The standard InChI is InChI=1S/C30H29F2N3O4/c1-18-10-19-6-8-34(14-22(19)12-28(18)39-17-21-2-4-23(31)13-25(21)32)16-29-33-26-5-3-20(30(36)37)11-27(26)35(29)15-24-7-9-38-24/h2-5,10-13,24H,6-9,14-17H2,1H3,(H,36,37)/t24-/m0/s1. The summed E-state index contributed by atoms with van der Waals surface area (Å²) in [6, 6.07) is 12.7.